The average Bonchev–Trinajstić information content (AvgIpc) is 2.56. The zero-order chi connectivity index (χ0) is 21.1. The number of nitrogens with zero attached hydrogens (tertiary/aromatic N) is 1. The molecule has 28 heavy (non-hydrogen) atoms. The molecule has 0 saturated carbocycles. The third-order valence-electron chi connectivity index (χ3n) is 3.71. The van der Waals surface area contributed by atoms with Gasteiger partial charge < -0.3 is 20.1 Å². The van der Waals surface area contributed by atoms with Crippen molar-refractivity contribution in [2.75, 3.05) is 17.2 Å². The number of hydrogen-bond donors (Lipinski definition) is 1. The summed E-state index contributed by atoms with van der Waals surface area (Å²) in [6.45, 7) is 5.92. The summed E-state index contributed by atoms with van der Waals surface area (Å²) in [4.78, 5) is 25.2. The van der Waals surface area contributed by atoms with E-state index in [0.29, 0.717) is 16.8 Å². The van der Waals surface area contributed by atoms with Crippen LogP contribution in [0.5, 0.6) is 5.75 Å². The molecule has 0 aliphatic heterocycles. The lowest BCUT2D eigenvalue weighted by atomic mass is 10.1. The number of fused-ring (bicyclic) bond motifs is 1. The second-order valence-corrected chi connectivity index (χ2v) is 7.04. The Labute approximate surface area is 161 Å². The molecule has 0 saturated heterocycles. The summed E-state index contributed by atoms with van der Waals surface area (Å²) < 4.78 is 35.6. The van der Waals surface area contributed by atoms with E-state index in [2.05, 4.69) is 0 Å². The van der Waals surface area contributed by atoms with Crippen molar-refractivity contribution in [2.24, 2.45) is 0 Å². The Morgan fingerprint density at radius 1 is 1.18 bits per heavy atom. The summed E-state index contributed by atoms with van der Waals surface area (Å²) in [5.74, 6) is -0.396. The predicted molar refractivity (Wildman–Crippen MR) is 104 cm³/mol. The number of halogens is 2. The van der Waals surface area contributed by atoms with Crippen LogP contribution in [-0.4, -0.2) is 24.2 Å². The normalized spacial score (nSPS) is 11.1. The van der Waals surface area contributed by atoms with Crippen LogP contribution in [0.25, 0.3) is 10.8 Å². The Morgan fingerprint density at radius 2 is 1.79 bits per heavy atom. The van der Waals surface area contributed by atoms with Gasteiger partial charge in [-0.05, 0) is 20.8 Å². The first kappa shape index (κ1) is 21.1. The Balaban J connectivity index is 2.58. The quantitative estimate of drug-likeness (QED) is 0.456. The maximum absolute atomic E-state index is 12.5. The fraction of sp³-hybridized carbons (Fsp3) is 0.300. The first-order valence-corrected chi connectivity index (χ1v) is 8.51. The first-order valence-electron chi connectivity index (χ1n) is 8.51. The summed E-state index contributed by atoms with van der Waals surface area (Å²) >= 11 is 0. The Hall–Kier alpha value is -3.16. The standard InChI is InChI=1S/C20H22F2N2O4/c1-12(25)24(10-9-17(21)22)15-11-16(27-19(26)28-20(2,3)4)13-7-5-6-8-14(13)18(15)23/h5-9,11H,10,23H2,1-4H3. The van der Waals surface area contributed by atoms with Crippen LogP contribution in [0.3, 0.4) is 0 Å². The SMILES string of the molecule is CC(=O)N(CC=C(F)F)c1cc(OC(=O)OC(C)(C)C)c2ccccc2c1N. The van der Waals surface area contributed by atoms with E-state index >= 15 is 0 Å². The van der Waals surface area contributed by atoms with E-state index in [9.17, 15) is 18.4 Å². The second-order valence-electron chi connectivity index (χ2n) is 7.04. The van der Waals surface area contributed by atoms with Crippen LogP contribution in [0, 0.1) is 0 Å². The van der Waals surface area contributed by atoms with Gasteiger partial charge in [0, 0.05) is 36.4 Å². The largest absolute Gasteiger partial charge is 0.514 e. The van der Waals surface area contributed by atoms with Crippen molar-refractivity contribution in [3.05, 3.63) is 42.5 Å². The molecule has 150 valence electrons. The first-order chi connectivity index (χ1) is 13.0. The molecule has 0 atom stereocenters. The zero-order valence-electron chi connectivity index (χ0n) is 16.1. The molecule has 8 heteroatoms. The number of carbonyl (C=O) groups excluding carboxylic acids is 2. The highest BCUT2D eigenvalue weighted by Crippen LogP contribution is 2.39. The van der Waals surface area contributed by atoms with Gasteiger partial charge in [-0.15, -0.1) is 0 Å². The minimum atomic E-state index is -1.92. The smallest absolute Gasteiger partial charge is 0.428 e. The van der Waals surface area contributed by atoms with Gasteiger partial charge in [0.25, 0.3) is 6.08 Å². The van der Waals surface area contributed by atoms with E-state index < -0.39 is 23.7 Å². The molecular formula is C20H22F2N2O4. The molecular weight excluding hydrogens is 370 g/mol. The van der Waals surface area contributed by atoms with Crippen LogP contribution >= 0.6 is 0 Å². The fourth-order valence-corrected chi connectivity index (χ4v) is 2.58. The van der Waals surface area contributed by atoms with Crippen LogP contribution in [0.1, 0.15) is 27.7 Å². The highest BCUT2D eigenvalue weighted by atomic mass is 19.3. The van der Waals surface area contributed by atoms with Gasteiger partial charge in [-0.3, -0.25) is 4.79 Å². The van der Waals surface area contributed by atoms with Gasteiger partial charge in [0.1, 0.15) is 11.4 Å². The van der Waals surface area contributed by atoms with Gasteiger partial charge in [-0.2, -0.15) is 8.78 Å². The minimum Gasteiger partial charge on any atom is -0.428 e. The lowest BCUT2D eigenvalue weighted by Crippen LogP contribution is -2.30. The molecule has 1 amide bonds. The van der Waals surface area contributed by atoms with E-state index in [1.54, 1.807) is 45.0 Å². The summed E-state index contributed by atoms with van der Waals surface area (Å²) in [6.07, 6.45) is -2.25. The van der Waals surface area contributed by atoms with Crippen molar-refractivity contribution in [3.63, 3.8) is 0 Å². The molecule has 0 aliphatic carbocycles. The number of nitrogens with two attached hydrogens (primary N) is 1. The van der Waals surface area contributed by atoms with Crippen molar-refractivity contribution in [3.8, 4) is 5.75 Å². The fourth-order valence-electron chi connectivity index (χ4n) is 2.58. The van der Waals surface area contributed by atoms with Gasteiger partial charge in [-0.25, -0.2) is 4.79 Å². The Morgan fingerprint density at radius 3 is 2.32 bits per heavy atom. The molecule has 0 fully saturated rings. The van der Waals surface area contributed by atoms with Crippen molar-refractivity contribution in [2.45, 2.75) is 33.3 Å². The maximum Gasteiger partial charge on any atom is 0.514 e. The zero-order valence-corrected chi connectivity index (χ0v) is 16.1. The molecule has 0 aromatic heterocycles. The number of ether oxygens (including phenoxy) is 2. The van der Waals surface area contributed by atoms with Crippen molar-refractivity contribution >= 4 is 34.2 Å². The van der Waals surface area contributed by atoms with Gasteiger partial charge >= 0.3 is 6.16 Å². The van der Waals surface area contributed by atoms with Gasteiger partial charge in [0.15, 0.2) is 0 Å². The molecule has 0 radical (unpaired) electrons. The molecule has 2 rings (SSSR count). The van der Waals surface area contributed by atoms with Crippen LogP contribution in [-0.2, 0) is 9.53 Å². The molecule has 0 spiro atoms. The molecule has 6 nitrogen and oxygen atoms in total. The van der Waals surface area contributed by atoms with Crippen molar-refractivity contribution in [1.82, 2.24) is 0 Å². The summed E-state index contributed by atoms with van der Waals surface area (Å²) in [5.41, 5.74) is 5.78. The molecule has 0 bridgehead atoms. The number of nitrogen functional groups attached to an aromatic ring is 1. The molecule has 0 unspecified atom stereocenters. The van der Waals surface area contributed by atoms with E-state index in [1.165, 1.54) is 13.0 Å². The molecule has 2 aromatic rings. The summed E-state index contributed by atoms with van der Waals surface area (Å²) in [5, 5.41) is 1.03. The van der Waals surface area contributed by atoms with Crippen molar-refractivity contribution < 1.29 is 27.8 Å². The van der Waals surface area contributed by atoms with E-state index in [0.717, 1.165) is 4.90 Å². The number of amides is 1. The average molecular weight is 392 g/mol. The van der Waals surface area contributed by atoms with E-state index in [4.69, 9.17) is 15.2 Å². The monoisotopic (exact) mass is 392 g/mol. The highest BCUT2D eigenvalue weighted by molar-refractivity contribution is 6.07. The predicted octanol–water partition coefficient (Wildman–Crippen LogP) is 4.87. The van der Waals surface area contributed by atoms with E-state index in [1.807, 2.05) is 0 Å². The van der Waals surface area contributed by atoms with Gasteiger partial charge in [0.05, 0.1) is 11.4 Å². The minimum absolute atomic E-state index is 0.102. The number of carbonyl (C=O) groups is 2. The Bertz CT molecular complexity index is 932. The van der Waals surface area contributed by atoms with Crippen LogP contribution < -0.4 is 15.4 Å². The van der Waals surface area contributed by atoms with Crippen LogP contribution in [0.4, 0.5) is 25.0 Å². The molecule has 0 heterocycles. The maximum atomic E-state index is 12.5. The van der Waals surface area contributed by atoms with Crippen molar-refractivity contribution in [1.29, 1.82) is 0 Å². The van der Waals surface area contributed by atoms with Gasteiger partial charge in [0.2, 0.25) is 5.91 Å². The van der Waals surface area contributed by atoms with Crippen LogP contribution in [0.2, 0.25) is 0 Å². The Kier molecular flexibility index (Phi) is 6.23. The molecule has 2 aromatic carbocycles. The van der Waals surface area contributed by atoms with Crippen LogP contribution in [0.15, 0.2) is 42.5 Å². The number of rotatable bonds is 4. The molecule has 0 aliphatic rings. The summed E-state index contributed by atoms with van der Waals surface area (Å²) in [6, 6.07) is 8.19. The highest BCUT2D eigenvalue weighted by Gasteiger charge is 2.22. The second kappa shape index (κ2) is 8.24. The van der Waals surface area contributed by atoms with E-state index in [-0.39, 0.29) is 23.7 Å². The topological polar surface area (TPSA) is 81.9 Å². The third kappa shape index (κ3) is 5.18. The number of anilines is 2. The van der Waals surface area contributed by atoms with Gasteiger partial charge in [-0.1, -0.05) is 24.3 Å². The summed E-state index contributed by atoms with van der Waals surface area (Å²) in [7, 11) is 0. The number of hydrogen-bond acceptors (Lipinski definition) is 5. The number of benzene rings is 2. The third-order valence-corrected chi connectivity index (χ3v) is 3.71. The molecule has 2 N–H and O–H groups in total. The lowest BCUT2D eigenvalue weighted by Gasteiger charge is -2.24. The lowest BCUT2D eigenvalue weighted by molar-refractivity contribution is -0.116.